The van der Waals surface area contributed by atoms with E-state index in [0.29, 0.717) is 16.7 Å². The Morgan fingerprint density at radius 3 is 1.85 bits per heavy atom. The van der Waals surface area contributed by atoms with Gasteiger partial charge in [0.25, 0.3) is 0 Å². The summed E-state index contributed by atoms with van der Waals surface area (Å²) in [6.45, 7) is 1.86. The van der Waals surface area contributed by atoms with Crippen molar-refractivity contribution in [2.75, 3.05) is 39.9 Å². The molecule has 0 radical (unpaired) electrons. The number of ether oxygens (including phenoxy) is 4. The Kier molecular flexibility index (Phi) is 7.89. The van der Waals surface area contributed by atoms with E-state index in [1.54, 1.807) is 34.6 Å². The van der Waals surface area contributed by atoms with Crippen molar-refractivity contribution in [3.8, 4) is 23.0 Å². The minimum atomic E-state index is 0.466. The van der Waals surface area contributed by atoms with Crippen LogP contribution in [0.5, 0.6) is 23.0 Å². The normalized spacial score (nSPS) is 12.4. The van der Waals surface area contributed by atoms with Gasteiger partial charge in [0.15, 0.2) is 23.0 Å². The average Bonchev–Trinajstić information content (AvgIpc) is 2.99. The molecule has 200 valence electrons. The highest BCUT2D eigenvalue weighted by molar-refractivity contribution is 6.34. The summed E-state index contributed by atoms with van der Waals surface area (Å²) in [5, 5.41) is 4.50. The van der Waals surface area contributed by atoms with Gasteiger partial charge in [0.2, 0.25) is 0 Å². The maximum atomic E-state index is 5.97. The lowest BCUT2D eigenvalue weighted by Crippen LogP contribution is -2.31. The van der Waals surface area contributed by atoms with Crippen LogP contribution in [0.3, 0.4) is 0 Å². The van der Waals surface area contributed by atoms with E-state index in [2.05, 4.69) is 39.1 Å². The van der Waals surface area contributed by atoms with E-state index in [4.69, 9.17) is 30.5 Å². The molecule has 0 bridgehead atoms. The van der Waals surface area contributed by atoms with Crippen LogP contribution in [0.25, 0.3) is 21.5 Å². The van der Waals surface area contributed by atoms with E-state index >= 15 is 0 Å². The van der Waals surface area contributed by atoms with Crippen molar-refractivity contribution < 1.29 is 18.9 Å². The van der Waals surface area contributed by atoms with E-state index in [1.165, 1.54) is 11.1 Å². The molecule has 0 N–H and O–H groups in total. The second-order valence-electron chi connectivity index (χ2n) is 9.03. The second kappa shape index (κ2) is 11.7. The van der Waals surface area contributed by atoms with Crippen molar-refractivity contribution in [1.29, 1.82) is 0 Å². The molecule has 0 amide bonds. The number of anilines is 1. The van der Waals surface area contributed by atoms with Crippen molar-refractivity contribution >= 4 is 39.0 Å². The average molecular weight is 544 g/mol. The summed E-state index contributed by atoms with van der Waals surface area (Å²) >= 11 is 5.97. The molecule has 3 heterocycles. The molecule has 5 aromatic rings. The minimum Gasteiger partial charge on any atom is -0.493 e. The molecule has 1 aliphatic rings. The van der Waals surface area contributed by atoms with Gasteiger partial charge in [-0.15, -0.1) is 0 Å². The van der Waals surface area contributed by atoms with Gasteiger partial charge < -0.3 is 23.8 Å². The summed E-state index contributed by atoms with van der Waals surface area (Å²) in [6.07, 6.45) is 4.57. The van der Waals surface area contributed by atoms with Crippen LogP contribution in [0.4, 0.5) is 5.82 Å². The largest absolute Gasteiger partial charge is 0.493 e. The van der Waals surface area contributed by atoms with Crippen LogP contribution >= 0.6 is 11.6 Å². The highest BCUT2D eigenvalue weighted by Crippen LogP contribution is 2.37. The first kappa shape index (κ1) is 26.4. The van der Waals surface area contributed by atoms with Gasteiger partial charge in [-0.2, -0.15) is 0 Å². The van der Waals surface area contributed by atoms with Crippen molar-refractivity contribution in [3.63, 3.8) is 0 Å². The second-order valence-corrected chi connectivity index (χ2v) is 9.39. The molecule has 3 aromatic carbocycles. The van der Waals surface area contributed by atoms with Crippen molar-refractivity contribution in [3.05, 3.63) is 89.3 Å². The number of pyridine rings is 2. The summed E-state index contributed by atoms with van der Waals surface area (Å²) in [4.78, 5) is 11.0. The Morgan fingerprint density at radius 1 is 0.667 bits per heavy atom. The van der Waals surface area contributed by atoms with Gasteiger partial charge in [0.05, 0.1) is 28.4 Å². The molecular formula is C31H30ClN3O4. The van der Waals surface area contributed by atoms with Crippen molar-refractivity contribution in [2.45, 2.75) is 13.0 Å². The number of halogens is 1. The molecule has 0 spiro atoms. The lowest BCUT2D eigenvalue weighted by Gasteiger charge is -2.30. The fraction of sp³-hybridized carbons (Fsp3) is 0.226. The molecule has 39 heavy (non-hydrogen) atoms. The van der Waals surface area contributed by atoms with Gasteiger partial charge in [-0.3, -0.25) is 0 Å². The number of fused-ring (bicyclic) bond motifs is 3. The zero-order valence-electron chi connectivity index (χ0n) is 22.4. The van der Waals surface area contributed by atoms with Crippen LogP contribution in [0.15, 0.2) is 73.1 Å². The van der Waals surface area contributed by atoms with Gasteiger partial charge >= 0.3 is 0 Å². The van der Waals surface area contributed by atoms with Crippen LogP contribution in [-0.2, 0) is 13.0 Å². The lowest BCUT2D eigenvalue weighted by molar-refractivity contribution is 0.356. The fourth-order valence-electron chi connectivity index (χ4n) is 4.88. The zero-order valence-corrected chi connectivity index (χ0v) is 23.2. The van der Waals surface area contributed by atoms with Crippen LogP contribution < -0.4 is 23.8 Å². The molecule has 1 aliphatic heterocycles. The number of hydrogen-bond donors (Lipinski definition) is 0. The third-order valence-electron chi connectivity index (χ3n) is 6.90. The molecule has 0 saturated heterocycles. The van der Waals surface area contributed by atoms with Crippen molar-refractivity contribution in [1.82, 2.24) is 9.97 Å². The van der Waals surface area contributed by atoms with Crippen LogP contribution in [0.2, 0.25) is 5.15 Å². The first-order valence-electron chi connectivity index (χ1n) is 12.5. The van der Waals surface area contributed by atoms with Crippen LogP contribution in [0.1, 0.15) is 11.1 Å². The standard InChI is InChI=1S/C20H20N2O2.C11H10ClNO2/c1-23-18-11-15-7-9-21-20(17(15)12-19(18)24-2)22-10-8-14-5-3-4-6-16(14)13-22;1-14-9-5-7-3-4-13-11(12)8(7)6-10(9)15-2/h3-7,9,11-12H,8,10,13H2,1-2H3;3-6H,1-2H3. The fourth-order valence-corrected chi connectivity index (χ4v) is 5.10. The van der Waals surface area contributed by atoms with Gasteiger partial charge in [-0.05, 0) is 64.7 Å². The third kappa shape index (κ3) is 5.36. The van der Waals surface area contributed by atoms with Gasteiger partial charge in [-0.1, -0.05) is 35.9 Å². The Hall–Kier alpha value is -4.23. The summed E-state index contributed by atoms with van der Waals surface area (Å²) < 4.78 is 21.3. The molecule has 0 fully saturated rings. The van der Waals surface area contributed by atoms with E-state index in [9.17, 15) is 0 Å². The summed E-state index contributed by atoms with van der Waals surface area (Å²) in [5.74, 6) is 3.82. The SMILES string of the molecule is COc1cc2ccnc(Cl)c2cc1OC.COc1cc2ccnc(N3CCc4ccccc4C3)c2cc1OC. The Labute approximate surface area is 232 Å². The van der Waals surface area contributed by atoms with E-state index in [-0.39, 0.29) is 0 Å². The first-order valence-corrected chi connectivity index (χ1v) is 12.9. The third-order valence-corrected chi connectivity index (χ3v) is 7.20. The highest BCUT2D eigenvalue weighted by Gasteiger charge is 2.20. The van der Waals surface area contributed by atoms with Crippen LogP contribution in [0, 0.1) is 0 Å². The summed E-state index contributed by atoms with van der Waals surface area (Å²) in [6, 6.07) is 20.3. The quantitative estimate of drug-likeness (QED) is 0.228. The number of benzene rings is 3. The molecule has 8 heteroatoms. The molecule has 0 saturated carbocycles. The smallest absolute Gasteiger partial charge is 0.161 e. The number of aromatic nitrogens is 2. The number of nitrogens with zero attached hydrogens (tertiary/aromatic N) is 3. The first-order chi connectivity index (χ1) is 19.1. The Balaban J connectivity index is 0.000000177. The van der Waals surface area contributed by atoms with Gasteiger partial charge in [0.1, 0.15) is 11.0 Å². The molecule has 2 aromatic heterocycles. The molecule has 0 atom stereocenters. The maximum absolute atomic E-state index is 5.97. The van der Waals surface area contributed by atoms with E-state index in [1.807, 2.05) is 42.6 Å². The lowest BCUT2D eigenvalue weighted by atomic mass is 9.99. The molecule has 0 unspecified atom stereocenters. The van der Waals surface area contributed by atoms with E-state index in [0.717, 1.165) is 58.4 Å². The summed E-state index contributed by atoms with van der Waals surface area (Å²) in [7, 11) is 6.52. The minimum absolute atomic E-state index is 0.466. The molecule has 6 rings (SSSR count). The Morgan fingerprint density at radius 2 is 1.21 bits per heavy atom. The van der Waals surface area contributed by atoms with Crippen LogP contribution in [-0.4, -0.2) is 45.0 Å². The zero-order chi connectivity index (χ0) is 27.4. The number of methoxy groups -OCH3 is 4. The van der Waals surface area contributed by atoms with Gasteiger partial charge in [-0.25, -0.2) is 9.97 Å². The molecular weight excluding hydrogens is 514 g/mol. The molecule has 0 aliphatic carbocycles. The number of hydrogen-bond acceptors (Lipinski definition) is 7. The predicted octanol–water partition coefficient (Wildman–Crippen LogP) is 6.72. The topological polar surface area (TPSA) is 65.9 Å². The summed E-state index contributed by atoms with van der Waals surface area (Å²) in [5.41, 5.74) is 2.82. The Bertz CT molecular complexity index is 1630. The maximum Gasteiger partial charge on any atom is 0.161 e. The monoisotopic (exact) mass is 543 g/mol. The van der Waals surface area contributed by atoms with Gasteiger partial charge in [0, 0.05) is 36.3 Å². The van der Waals surface area contributed by atoms with Crippen molar-refractivity contribution in [2.24, 2.45) is 0 Å². The highest BCUT2D eigenvalue weighted by atomic mass is 35.5. The molecule has 7 nitrogen and oxygen atoms in total. The van der Waals surface area contributed by atoms with E-state index < -0.39 is 0 Å². The predicted molar refractivity (Wildman–Crippen MR) is 156 cm³/mol. The number of rotatable bonds is 5.